The largest absolute Gasteiger partial charge is 0.495 e. The van der Waals surface area contributed by atoms with Gasteiger partial charge in [-0.2, -0.15) is 0 Å². The van der Waals surface area contributed by atoms with Gasteiger partial charge in [0.25, 0.3) is 0 Å². The molecule has 2 nitrogen and oxygen atoms in total. The molecule has 0 aromatic heterocycles. The van der Waals surface area contributed by atoms with Crippen LogP contribution in [0.3, 0.4) is 0 Å². The minimum absolute atomic E-state index is 0.297. The Labute approximate surface area is 127 Å². The summed E-state index contributed by atoms with van der Waals surface area (Å²) in [7, 11) is 0. The molecule has 1 atom stereocenters. The predicted molar refractivity (Wildman–Crippen MR) is 87.8 cm³/mol. The second-order valence-electron chi connectivity index (χ2n) is 4.95. The van der Waals surface area contributed by atoms with Crippen LogP contribution in [0.1, 0.15) is 19.4 Å². The molecule has 0 aliphatic carbocycles. The standard InChI is InChI=1S/C19H22O2/c1-3-7-17(12-13-18-8-5-4-6-9-18)11-10-16(2)20-14-19-15-21-19/h3-13,19H,14-15H2,1-2H3/b7-3-,13-12-,16-10+,17-11-. The summed E-state index contributed by atoms with van der Waals surface area (Å²) in [5.41, 5.74) is 2.32. The molecule has 21 heavy (non-hydrogen) atoms. The lowest BCUT2D eigenvalue weighted by Crippen LogP contribution is -1.98. The van der Waals surface area contributed by atoms with Gasteiger partial charge in [-0.1, -0.05) is 60.7 Å². The van der Waals surface area contributed by atoms with Crippen molar-refractivity contribution in [1.82, 2.24) is 0 Å². The Balaban J connectivity index is 1.97. The Hall–Kier alpha value is -2.06. The number of epoxide rings is 1. The SMILES string of the molecule is C\C=C/C(/C=C\c1ccccc1)=C/C=C(\C)OCC1CO1. The summed E-state index contributed by atoms with van der Waals surface area (Å²) in [6.45, 7) is 5.45. The van der Waals surface area contributed by atoms with E-state index in [9.17, 15) is 0 Å². The predicted octanol–water partition coefficient (Wildman–Crippen LogP) is 4.52. The van der Waals surface area contributed by atoms with E-state index in [1.54, 1.807) is 0 Å². The molecule has 1 aliphatic heterocycles. The van der Waals surface area contributed by atoms with Gasteiger partial charge in [0, 0.05) is 0 Å². The summed E-state index contributed by atoms with van der Waals surface area (Å²) in [4.78, 5) is 0. The van der Waals surface area contributed by atoms with Gasteiger partial charge in [-0.25, -0.2) is 0 Å². The van der Waals surface area contributed by atoms with Crippen LogP contribution in [-0.2, 0) is 9.47 Å². The average Bonchev–Trinajstić information content (AvgIpc) is 3.33. The van der Waals surface area contributed by atoms with E-state index in [-0.39, 0.29) is 0 Å². The minimum atomic E-state index is 0.297. The van der Waals surface area contributed by atoms with Crippen LogP contribution in [0.15, 0.2) is 72.0 Å². The Morgan fingerprint density at radius 3 is 2.67 bits per heavy atom. The van der Waals surface area contributed by atoms with E-state index < -0.39 is 0 Å². The molecule has 1 aromatic carbocycles. The summed E-state index contributed by atoms with van der Waals surface area (Å²) in [5, 5.41) is 0. The molecule has 0 saturated carbocycles. The van der Waals surface area contributed by atoms with E-state index >= 15 is 0 Å². The van der Waals surface area contributed by atoms with Crippen LogP contribution < -0.4 is 0 Å². The van der Waals surface area contributed by atoms with E-state index in [0.717, 1.165) is 17.9 Å². The third-order valence-electron chi connectivity index (χ3n) is 3.04. The number of allylic oxidation sites excluding steroid dienone is 7. The van der Waals surface area contributed by atoms with Crippen molar-refractivity contribution in [3.05, 3.63) is 77.6 Å². The summed E-state index contributed by atoms with van der Waals surface area (Å²) in [6, 6.07) is 10.3. The third kappa shape index (κ3) is 6.28. The van der Waals surface area contributed by atoms with Crippen LogP contribution in [-0.4, -0.2) is 19.3 Å². The zero-order valence-electron chi connectivity index (χ0n) is 12.7. The molecule has 1 unspecified atom stereocenters. The Morgan fingerprint density at radius 2 is 2.00 bits per heavy atom. The lowest BCUT2D eigenvalue weighted by molar-refractivity contribution is 0.185. The van der Waals surface area contributed by atoms with E-state index in [2.05, 4.69) is 36.4 Å². The first kappa shape index (κ1) is 15.3. The number of hydrogen-bond acceptors (Lipinski definition) is 2. The molecule has 1 saturated heterocycles. The summed E-state index contributed by atoms with van der Waals surface area (Å²) in [6.07, 6.45) is 12.7. The maximum absolute atomic E-state index is 5.60. The van der Waals surface area contributed by atoms with Crippen molar-refractivity contribution < 1.29 is 9.47 Å². The molecule has 0 N–H and O–H groups in total. The second kappa shape index (κ2) is 8.28. The van der Waals surface area contributed by atoms with Crippen molar-refractivity contribution in [2.24, 2.45) is 0 Å². The first-order chi connectivity index (χ1) is 10.3. The van der Waals surface area contributed by atoms with Crippen molar-refractivity contribution in [2.75, 3.05) is 13.2 Å². The molecule has 2 rings (SSSR count). The third-order valence-corrected chi connectivity index (χ3v) is 3.04. The zero-order valence-corrected chi connectivity index (χ0v) is 12.7. The van der Waals surface area contributed by atoms with Gasteiger partial charge < -0.3 is 9.47 Å². The van der Waals surface area contributed by atoms with Crippen LogP contribution >= 0.6 is 0 Å². The smallest absolute Gasteiger partial charge is 0.116 e. The Kier molecular flexibility index (Phi) is 6.04. The van der Waals surface area contributed by atoms with E-state index in [0.29, 0.717) is 12.7 Å². The molecule has 0 radical (unpaired) electrons. The van der Waals surface area contributed by atoms with Gasteiger partial charge in [0.1, 0.15) is 12.7 Å². The second-order valence-corrected chi connectivity index (χ2v) is 4.95. The topological polar surface area (TPSA) is 21.8 Å². The highest BCUT2D eigenvalue weighted by molar-refractivity contribution is 5.55. The molecule has 0 amide bonds. The quantitative estimate of drug-likeness (QED) is 0.416. The monoisotopic (exact) mass is 282 g/mol. The van der Waals surface area contributed by atoms with Crippen molar-refractivity contribution >= 4 is 6.08 Å². The molecule has 1 fully saturated rings. The highest BCUT2D eigenvalue weighted by atomic mass is 16.6. The van der Waals surface area contributed by atoms with E-state index in [1.807, 2.05) is 44.2 Å². The zero-order chi connectivity index (χ0) is 14.9. The van der Waals surface area contributed by atoms with E-state index in [4.69, 9.17) is 9.47 Å². The van der Waals surface area contributed by atoms with Crippen molar-refractivity contribution in [2.45, 2.75) is 20.0 Å². The summed E-state index contributed by atoms with van der Waals surface area (Å²) in [5.74, 6) is 0.903. The van der Waals surface area contributed by atoms with E-state index in [1.165, 1.54) is 5.56 Å². The average molecular weight is 282 g/mol. The van der Waals surface area contributed by atoms with Gasteiger partial charge in [-0.05, 0) is 31.1 Å². The Morgan fingerprint density at radius 1 is 1.24 bits per heavy atom. The van der Waals surface area contributed by atoms with Crippen LogP contribution in [0.2, 0.25) is 0 Å². The van der Waals surface area contributed by atoms with Crippen molar-refractivity contribution in [3.8, 4) is 0 Å². The van der Waals surface area contributed by atoms with Crippen molar-refractivity contribution in [3.63, 3.8) is 0 Å². The summed E-state index contributed by atoms with van der Waals surface area (Å²) >= 11 is 0. The minimum Gasteiger partial charge on any atom is -0.495 e. The fourth-order valence-corrected chi connectivity index (χ4v) is 1.77. The highest BCUT2D eigenvalue weighted by Gasteiger charge is 2.22. The first-order valence-corrected chi connectivity index (χ1v) is 7.27. The summed E-state index contributed by atoms with van der Waals surface area (Å²) < 4.78 is 10.7. The van der Waals surface area contributed by atoms with Crippen LogP contribution in [0.4, 0.5) is 0 Å². The first-order valence-electron chi connectivity index (χ1n) is 7.27. The fourth-order valence-electron chi connectivity index (χ4n) is 1.77. The Bertz CT molecular complexity index is 546. The molecular formula is C19H22O2. The molecule has 1 aliphatic rings. The lowest BCUT2D eigenvalue weighted by Gasteiger charge is -2.02. The van der Waals surface area contributed by atoms with Gasteiger partial charge >= 0.3 is 0 Å². The maximum atomic E-state index is 5.60. The van der Waals surface area contributed by atoms with Gasteiger partial charge in [-0.3, -0.25) is 0 Å². The normalized spacial score (nSPS) is 19.4. The van der Waals surface area contributed by atoms with Gasteiger partial charge in [0.05, 0.1) is 12.4 Å². The number of ether oxygens (including phenoxy) is 2. The van der Waals surface area contributed by atoms with Crippen LogP contribution in [0.5, 0.6) is 0 Å². The number of benzene rings is 1. The van der Waals surface area contributed by atoms with Crippen molar-refractivity contribution in [1.29, 1.82) is 0 Å². The number of rotatable bonds is 7. The number of hydrogen-bond donors (Lipinski definition) is 0. The maximum Gasteiger partial charge on any atom is 0.116 e. The molecular weight excluding hydrogens is 260 g/mol. The van der Waals surface area contributed by atoms with Gasteiger partial charge in [0.15, 0.2) is 0 Å². The lowest BCUT2D eigenvalue weighted by atomic mass is 10.1. The fraction of sp³-hybridized carbons (Fsp3) is 0.263. The van der Waals surface area contributed by atoms with Gasteiger partial charge in [0.2, 0.25) is 0 Å². The molecule has 1 heterocycles. The van der Waals surface area contributed by atoms with Gasteiger partial charge in [-0.15, -0.1) is 0 Å². The van der Waals surface area contributed by atoms with Crippen LogP contribution in [0.25, 0.3) is 6.08 Å². The molecule has 1 aromatic rings. The molecule has 0 bridgehead atoms. The highest BCUT2D eigenvalue weighted by Crippen LogP contribution is 2.12. The van der Waals surface area contributed by atoms with Crippen LogP contribution in [0, 0.1) is 0 Å². The molecule has 0 spiro atoms. The molecule has 110 valence electrons. The molecule has 2 heteroatoms.